The predicted molar refractivity (Wildman–Crippen MR) is 96.8 cm³/mol. The molecule has 0 unspecified atom stereocenters. The first-order valence-electron chi connectivity index (χ1n) is 8.88. The molecule has 6 nitrogen and oxygen atoms in total. The van der Waals surface area contributed by atoms with Crippen LogP contribution in [0.2, 0.25) is 0 Å². The van der Waals surface area contributed by atoms with Gasteiger partial charge in [0.15, 0.2) is 0 Å². The van der Waals surface area contributed by atoms with Crippen LogP contribution in [0.1, 0.15) is 19.3 Å². The lowest BCUT2D eigenvalue weighted by atomic mass is 9.84. The normalized spacial score (nSPS) is 25.0. The lowest BCUT2D eigenvalue weighted by Gasteiger charge is -2.29. The van der Waals surface area contributed by atoms with Crippen LogP contribution < -0.4 is 9.64 Å². The molecule has 1 saturated carbocycles. The van der Waals surface area contributed by atoms with Crippen LogP contribution in [0.4, 0.5) is 5.69 Å². The van der Waals surface area contributed by atoms with E-state index in [-0.39, 0.29) is 23.7 Å². The average Bonchev–Trinajstić information content (AvgIpc) is 3.07. The molecule has 0 aromatic heterocycles. The van der Waals surface area contributed by atoms with Gasteiger partial charge in [0.05, 0.1) is 27.2 Å². The lowest BCUT2D eigenvalue weighted by Crippen LogP contribution is -2.37. The zero-order valence-electron chi connectivity index (χ0n) is 15.4. The highest BCUT2D eigenvalue weighted by Gasteiger charge is 2.42. The molecular formula is C20H25NO5. The molecule has 1 fully saturated rings. The third-order valence-corrected chi connectivity index (χ3v) is 5.45. The summed E-state index contributed by atoms with van der Waals surface area (Å²) in [6.07, 6.45) is 4.95. The number of anilines is 1. The van der Waals surface area contributed by atoms with Gasteiger partial charge >= 0.3 is 11.9 Å². The van der Waals surface area contributed by atoms with Crippen molar-refractivity contribution in [2.45, 2.75) is 19.3 Å². The highest BCUT2D eigenvalue weighted by Crippen LogP contribution is 2.43. The molecule has 6 heteroatoms. The molecule has 3 rings (SSSR count). The second-order valence-electron chi connectivity index (χ2n) is 6.74. The van der Waals surface area contributed by atoms with Crippen LogP contribution in [0, 0.1) is 17.8 Å². The highest BCUT2D eigenvalue weighted by molar-refractivity contribution is 5.93. The number of hydrogen-bond donors (Lipinski definition) is 0. The monoisotopic (exact) mass is 359 g/mol. The Morgan fingerprint density at radius 2 is 1.92 bits per heavy atom. The minimum absolute atomic E-state index is 0.170. The summed E-state index contributed by atoms with van der Waals surface area (Å²) in [5.74, 6) is 0.114. The molecule has 1 aromatic rings. The quantitative estimate of drug-likeness (QED) is 0.770. The number of rotatable bonds is 4. The molecule has 1 aliphatic heterocycles. The molecule has 0 saturated heterocycles. The number of carbonyl (C=O) groups is 2. The fraction of sp³-hybridized carbons (Fsp3) is 0.500. The fourth-order valence-electron chi connectivity index (χ4n) is 4.15. The summed E-state index contributed by atoms with van der Waals surface area (Å²) < 4.78 is 15.4. The largest absolute Gasteiger partial charge is 0.497 e. The SMILES string of the molecule is COC(=O)C1=C[C@@H]2CCC[C@H]2[C@H](C(=O)OC)CN1c1cccc(OC)c1. The van der Waals surface area contributed by atoms with E-state index < -0.39 is 5.97 Å². The molecule has 1 aliphatic carbocycles. The Kier molecular flexibility index (Phi) is 5.49. The van der Waals surface area contributed by atoms with Crippen LogP contribution in [-0.4, -0.2) is 39.8 Å². The van der Waals surface area contributed by atoms with E-state index in [4.69, 9.17) is 14.2 Å². The maximum atomic E-state index is 12.5. The zero-order valence-corrected chi connectivity index (χ0v) is 15.4. The van der Waals surface area contributed by atoms with Gasteiger partial charge in [0, 0.05) is 18.3 Å². The molecule has 2 aliphatic rings. The van der Waals surface area contributed by atoms with Crippen molar-refractivity contribution in [1.82, 2.24) is 0 Å². The summed E-state index contributed by atoms with van der Waals surface area (Å²) in [4.78, 5) is 26.9. The van der Waals surface area contributed by atoms with Crippen LogP contribution in [0.25, 0.3) is 0 Å². The molecular weight excluding hydrogens is 334 g/mol. The van der Waals surface area contributed by atoms with E-state index >= 15 is 0 Å². The van der Waals surface area contributed by atoms with Crippen LogP contribution in [0.5, 0.6) is 5.75 Å². The third-order valence-electron chi connectivity index (χ3n) is 5.45. The van der Waals surface area contributed by atoms with Crippen molar-refractivity contribution in [3.05, 3.63) is 36.0 Å². The van der Waals surface area contributed by atoms with E-state index in [9.17, 15) is 9.59 Å². The van der Waals surface area contributed by atoms with Gasteiger partial charge in [-0.05, 0) is 42.9 Å². The third kappa shape index (κ3) is 3.41. The minimum atomic E-state index is -0.399. The number of nitrogens with zero attached hydrogens (tertiary/aromatic N) is 1. The van der Waals surface area contributed by atoms with Crippen LogP contribution in [-0.2, 0) is 19.1 Å². The predicted octanol–water partition coefficient (Wildman–Crippen LogP) is 2.78. The van der Waals surface area contributed by atoms with Crippen molar-refractivity contribution < 1.29 is 23.8 Å². The van der Waals surface area contributed by atoms with Gasteiger partial charge in [-0.15, -0.1) is 0 Å². The smallest absolute Gasteiger partial charge is 0.354 e. The van der Waals surface area contributed by atoms with Gasteiger partial charge in [-0.3, -0.25) is 4.79 Å². The van der Waals surface area contributed by atoms with Crippen LogP contribution in [0.15, 0.2) is 36.0 Å². The molecule has 26 heavy (non-hydrogen) atoms. The van der Waals surface area contributed by atoms with Crippen LogP contribution in [0.3, 0.4) is 0 Å². The van der Waals surface area contributed by atoms with E-state index in [0.29, 0.717) is 18.0 Å². The maximum Gasteiger partial charge on any atom is 0.354 e. The molecule has 3 atom stereocenters. The van der Waals surface area contributed by atoms with Crippen molar-refractivity contribution in [1.29, 1.82) is 0 Å². The standard InChI is InChI=1S/C20H25NO5/c1-24-15-8-5-7-14(11-15)21-12-17(19(22)25-2)16-9-4-6-13(16)10-18(21)20(23)26-3/h5,7-8,10-11,13,16-17H,4,6,9,12H2,1-3H3/t13-,16+,17+/m0/s1. The van der Waals surface area contributed by atoms with Gasteiger partial charge in [0.1, 0.15) is 11.4 Å². The topological polar surface area (TPSA) is 65.1 Å². The Hall–Kier alpha value is -2.50. The first kappa shape index (κ1) is 18.3. The van der Waals surface area contributed by atoms with Crippen molar-refractivity contribution in [2.75, 3.05) is 32.8 Å². The molecule has 1 aromatic carbocycles. The highest BCUT2D eigenvalue weighted by atomic mass is 16.5. The zero-order chi connectivity index (χ0) is 18.7. The van der Waals surface area contributed by atoms with Gasteiger partial charge in [-0.2, -0.15) is 0 Å². The Bertz CT molecular complexity index is 714. The van der Waals surface area contributed by atoms with E-state index in [0.717, 1.165) is 24.9 Å². The number of esters is 2. The fourth-order valence-corrected chi connectivity index (χ4v) is 4.15. The number of hydrogen-bond acceptors (Lipinski definition) is 6. The van der Waals surface area contributed by atoms with Gasteiger partial charge in [0.2, 0.25) is 0 Å². The van der Waals surface area contributed by atoms with Crippen molar-refractivity contribution in [3.8, 4) is 5.75 Å². The summed E-state index contributed by atoms with van der Waals surface area (Å²) in [5.41, 5.74) is 1.26. The second kappa shape index (κ2) is 7.81. The number of allylic oxidation sites excluding steroid dienone is 1. The number of fused-ring (bicyclic) bond motifs is 1. The molecule has 0 bridgehead atoms. The molecule has 1 heterocycles. The van der Waals surface area contributed by atoms with Crippen LogP contribution >= 0.6 is 0 Å². The van der Waals surface area contributed by atoms with Crippen molar-refractivity contribution in [2.24, 2.45) is 17.8 Å². The summed E-state index contributed by atoms with van der Waals surface area (Å²) in [6, 6.07) is 7.46. The number of benzene rings is 1. The number of ether oxygens (including phenoxy) is 3. The molecule has 0 N–H and O–H groups in total. The molecule has 0 radical (unpaired) electrons. The molecule has 0 spiro atoms. The van der Waals surface area contributed by atoms with Gasteiger partial charge in [-0.25, -0.2) is 4.79 Å². The van der Waals surface area contributed by atoms with E-state index in [2.05, 4.69) is 0 Å². The van der Waals surface area contributed by atoms with Gasteiger partial charge in [0.25, 0.3) is 0 Å². The average molecular weight is 359 g/mol. The lowest BCUT2D eigenvalue weighted by molar-refractivity contribution is -0.147. The Morgan fingerprint density at radius 3 is 2.62 bits per heavy atom. The van der Waals surface area contributed by atoms with Gasteiger partial charge < -0.3 is 19.1 Å². The Balaban J connectivity index is 2.07. The summed E-state index contributed by atoms with van der Waals surface area (Å²) >= 11 is 0. The van der Waals surface area contributed by atoms with Gasteiger partial charge in [-0.1, -0.05) is 12.5 Å². The van der Waals surface area contributed by atoms with E-state index in [1.807, 2.05) is 35.2 Å². The summed E-state index contributed by atoms with van der Waals surface area (Å²) in [6.45, 7) is 0.377. The second-order valence-corrected chi connectivity index (χ2v) is 6.74. The van der Waals surface area contributed by atoms with E-state index in [1.54, 1.807) is 7.11 Å². The summed E-state index contributed by atoms with van der Waals surface area (Å²) in [7, 11) is 4.39. The first-order valence-corrected chi connectivity index (χ1v) is 8.88. The number of carbonyl (C=O) groups excluding carboxylic acids is 2. The molecule has 140 valence electrons. The maximum absolute atomic E-state index is 12.5. The number of methoxy groups -OCH3 is 3. The summed E-state index contributed by atoms with van der Waals surface area (Å²) in [5, 5.41) is 0. The Morgan fingerprint density at radius 1 is 1.12 bits per heavy atom. The first-order chi connectivity index (χ1) is 12.6. The van der Waals surface area contributed by atoms with Crippen molar-refractivity contribution >= 4 is 17.6 Å². The van der Waals surface area contributed by atoms with Crippen molar-refractivity contribution in [3.63, 3.8) is 0 Å². The van der Waals surface area contributed by atoms with E-state index in [1.165, 1.54) is 14.2 Å². The molecule has 0 amide bonds. The Labute approximate surface area is 153 Å². The minimum Gasteiger partial charge on any atom is -0.497 e.